The molecule has 1 aromatic carbocycles. The van der Waals surface area contributed by atoms with Gasteiger partial charge in [0.2, 0.25) is 0 Å². The lowest BCUT2D eigenvalue weighted by Gasteiger charge is -2.47. The number of pyridine rings is 1. The lowest BCUT2D eigenvalue weighted by atomic mass is 9.96. The first-order valence-electron chi connectivity index (χ1n) is 11.5. The third-order valence-corrected chi connectivity index (χ3v) is 6.57. The fourth-order valence-corrected chi connectivity index (χ4v) is 4.79. The van der Waals surface area contributed by atoms with Gasteiger partial charge in [-0.1, -0.05) is 29.8 Å². The molecule has 0 aliphatic carbocycles. The molecule has 0 amide bonds. The molecule has 6 heteroatoms. The maximum Gasteiger partial charge on any atom is 0.128 e. The molecule has 2 aliphatic rings. The molecule has 0 N–H and O–H groups in total. The summed E-state index contributed by atoms with van der Waals surface area (Å²) >= 11 is 6.09. The van der Waals surface area contributed by atoms with Crippen molar-refractivity contribution >= 4 is 17.4 Å². The number of hydrogen-bond donors (Lipinski definition) is 0. The van der Waals surface area contributed by atoms with Crippen LogP contribution in [-0.4, -0.2) is 67.0 Å². The van der Waals surface area contributed by atoms with E-state index < -0.39 is 0 Å². The number of halogens is 1. The average molecular weight is 444 g/mol. The van der Waals surface area contributed by atoms with E-state index in [1.165, 1.54) is 5.56 Å². The van der Waals surface area contributed by atoms with E-state index >= 15 is 0 Å². The number of morpholine rings is 1. The molecule has 0 saturated carbocycles. The van der Waals surface area contributed by atoms with Gasteiger partial charge in [-0.3, -0.25) is 4.90 Å². The van der Waals surface area contributed by atoms with E-state index in [9.17, 15) is 0 Å². The van der Waals surface area contributed by atoms with Gasteiger partial charge in [0, 0.05) is 42.9 Å². The van der Waals surface area contributed by atoms with Gasteiger partial charge in [-0.05, 0) is 62.9 Å². The molecule has 0 spiro atoms. The number of rotatable bonds is 7. The highest BCUT2D eigenvalue weighted by atomic mass is 35.5. The van der Waals surface area contributed by atoms with Crippen LogP contribution in [0, 0.1) is 0 Å². The topological polar surface area (TPSA) is 37.8 Å². The molecule has 2 aromatic rings. The second-order valence-corrected chi connectivity index (χ2v) is 9.36. The van der Waals surface area contributed by atoms with E-state index in [1.807, 2.05) is 24.4 Å². The fourth-order valence-electron chi connectivity index (χ4n) is 4.66. The van der Waals surface area contributed by atoms with Crippen LogP contribution in [0.4, 0.5) is 5.82 Å². The highest BCUT2D eigenvalue weighted by Gasteiger charge is 2.35. The van der Waals surface area contributed by atoms with Crippen molar-refractivity contribution in [2.45, 2.75) is 57.4 Å². The van der Waals surface area contributed by atoms with E-state index in [0.29, 0.717) is 18.7 Å². The Labute approximate surface area is 191 Å². The van der Waals surface area contributed by atoms with Crippen LogP contribution in [0.3, 0.4) is 0 Å². The van der Waals surface area contributed by atoms with Gasteiger partial charge < -0.3 is 14.4 Å². The molecular weight excluding hydrogens is 410 g/mol. The highest BCUT2D eigenvalue weighted by Crippen LogP contribution is 2.27. The summed E-state index contributed by atoms with van der Waals surface area (Å²) in [5.41, 5.74) is 1.31. The Morgan fingerprint density at radius 3 is 2.58 bits per heavy atom. The Bertz CT molecular complexity index is 794. The van der Waals surface area contributed by atoms with Crippen LogP contribution in [0.2, 0.25) is 5.02 Å². The van der Waals surface area contributed by atoms with E-state index in [2.05, 4.69) is 52.9 Å². The maximum absolute atomic E-state index is 6.24. The molecular formula is C25H34ClN3O2. The molecule has 168 valence electrons. The van der Waals surface area contributed by atoms with Gasteiger partial charge in [0.05, 0.1) is 25.4 Å². The minimum atomic E-state index is 0.137. The second kappa shape index (κ2) is 10.8. The molecule has 2 saturated heterocycles. The van der Waals surface area contributed by atoms with Crippen LogP contribution >= 0.6 is 11.6 Å². The Balaban J connectivity index is 1.42. The summed E-state index contributed by atoms with van der Waals surface area (Å²) in [5.74, 6) is 1.09. The van der Waals surface area contributed by atoms with Crippen molar-refractivity contribution < 1.29 is 9.47 Å². The van der Waals surface area contributed by atoms with Crippen LogP contribution in [0.5, 0.6) is 0 Å². The molecule has 0 radical (unpaired) electrons. The molecule has 2 fully saturated rings. The standard InChI is InChI=1S/C25H34ClN3O2/c1-19(2)30-18-24-16-29(23(17-31-24)15-20-6-8-21(26)9-7-20)22-10-13-28(14-11-22)25-5-3-4-12-27-25/h3-9,12,19,22-24H,10-11,13-18H2,1-2H3/t23-,24+/m0/s1. The Morgan fingerprint density at radius 1 is 1.13 bits per heavy atom. The average Bonchev–Trinajstić information content (AvgIpc) is 2.80. The quantitative estimate of drug-likeness (QED) is 0.632. The van der Waals surface area contributed by atoms with Crippen LogP contribution in [0.15, 0.2) is 48.7 Å². The van der Waals surface area contributed by atoms with Gasteiger partial charge in [0.15, 0.2) is 0 Å². The lowest BCUT2D eigenvalue weighted by molar-refractivity contribution is -0.114. The molecule has 0 unspecified atom stereocenters. The largest absolute Gasteiger partial charge is 0.376 e. The normalized spacial score (nSPS) is 23.4. The van der Waals surface area contributed by atoms with Gasteiger partial charge in [-0.25, -0.2) is 4.98 Å². The number of benzene rings is 1. The van der Waals surface area contributed by atoms with Crippen molar-refractivity contribution in [3.05, 3.63) is 59.2 Å². The number of ether oxygens (including phenoxy) is 2. The first-order chi connectivity index (χ1) is 15.1. The summed E-state index contributed by atoms with van der Waals surface area (Å²) in [6, 6.07) is 15.3. The Morgan fingerprint density at radius 2 is 1.90 bits per heavy atom. The molecule has 3 heterocycles. The zero-order valence-electron chi connectivity index (χ0n) is 18.6. The lowest BCUT2D eigenvalue weighted by Crippen LogP contribution is -2.58. The predicted octanol–water partition coefficient (Wildman–Crippen LogP) is 4.44. The zero-order valence-corrected chi connectivity index (χ0v) is 19.4. The minimum absolute atomic E-state index is 0.137. The van der Waals surface area contributed by atoms with Gasteiger partial charge in [0.1, 0.15) is 5.82 Å². The van der Waals surface area contributed by atoms with Crippen LogP contribution in [0.25, 0.3) is 0 Å². The number of piperidine rings is 1. The molecule has 2 aliphatic heterocycles. The Kier molecular flexibility index (Phi) is 7.83. The second-order valence-electron chi connectivity index (χ2n) is 8.92. The van der Waals surface area contributed by atoms with Crippen LogP contribution in [0.1, 0.15) is 32.3 Å². The SMILES string of the molecule is CC(C)OC[C@H]1CN(C2CCN(c3ccccn3)CC2)[C@@H](Cc2ccc(Cl)cc2)CO1. The fraction of sp³-hybridized carbons (Fsp3) is 0.560. The number of anilines is 1. The number of hydrogen-bond acceptors (Lipinski definition) is 5. The van der Waals surface area contributed by atoms with Crippen molar-refractivity contribution in [2.75, 3.05) is 37.7 Å². The van der Waals surface area contributed by atoms with Gasteiger partial charge in [0.25, 0.3) is 0 Å². The summed E-state index contributed by atoms with van der Waals surface area (Å²) in [5, 5.41) is 0.785. The van der Waals surface area contributed by atoms with Gasteiger partial charge >= 0.3 is 0 Å². The van der Waals surface area contributed by atoms with E-state index in [-0.39, 0.29) is 12.2 Å². The van der Waals surface area contributed by atoms with Crippen molar-refractivity contribution in [2.24, 2.45) is 0 Å². The summed E-state index contributed by atoms with van der Waals surface area (Å²) in [6.07, 6.45) is 5.51. The smallest absolute Gasteiger partial charge is 0.128 e. The predicted molar refractivity (Wildman–Crippen MR) is 126 cm³/mol. The summed E-state index contributed by atoms with van der Waals surface area (Å²) in [4.78, 5) is 9.64. The first-order valence-corrected chi connectivity index (χ1v) is 11.9. The molecule has 5 nitrogen and oxygen atoms in total. The monoisotopic (exact) mass is 443 g/mol. The van der Waals surface area contributed by atoms with E-state index in [0.717, 1.165) is 56.3 Å². The summed E-state index contributed by atoms with van der Waals surface area (Å²) in [6.45, 7) is 8.58. The molecule has 0 bridgehead atoms. The Hall–Kier alpha value is -1.66. The number of aromatic nitrogens is 1. The molecule has 1 aromatic heterocycles. The highest BCUT2D eigenvalue weighted by molar-refractivity contribution is 6.30. The zero-order chi connectivity index (χ0) is 21.6. The van der Waals surface area contributed by atoms with Crippen LogP contribution < -0.4 is 4.90 Å². The number of nitrogens with zero attached hydrogens (tertiary/aromatic N) is 3. The van der Waals surface area contributed by atoms with E-state index in [4.69, 9.17) is 21.1 Å². The van der Waals surface area contributed by atoms with Crippen molar-refractivity contribution in [3.8, 4) is 0 Å². The van der Waals surface area contributed by atoms with Gasteiger partial charge in [-0.2, -0.15) is 0 Å². The third-order valence-electron chi connectivity index (χ3n) is 6.31. The summed E-state index contributed by atoms with van der Waals surface area (Å²) < 4.78 is 12.1. The van der Waals surface area contributed by atoms with E-state index in [1.54, 1.807) is 0 Å². The maximum atomic E-state index is 6.24. The van der Waals surface area contributed by atoms with Gasteiger partial charge in [-0.15, -0.1) is 0 Å². The summed E-state index contributed by atoms with van der Waals surface area (Å²) in [7, 11) is 0. The minimum Gasteiger partial charge on any atom is -0.376 e. The van der Waals surface area contributed by atoms with Crippen molar-refractivity contribution in [1.29, 1.82) is 0 Å². The molecule has 31 heavy (non-hydrogen) atoms. The first kappa shape index (κ1) is 22.5. The molecule has 4 rings (SSSR count). The van der Waals surface area contributed by atoms with Crippen molar-refractivity contribution in [1.82, 2.24) is 9.88 Å². The molecule has 2 atom stereocenters. The third kappa shape index (κ3) is 6.19. The van der Waals surface area contributed by atoms with Crippen molar-refractivity contribution in [3.63, 3.8) is 0 Å². The van der Waals surface area contributed by atoms with Crippen LogP contribution in [-0.2, 0) is 15.9 Å².